The second kappa shape index (κ2) is 9.88. The van der Waals surface area contributed by atoms with E-state index in [4.69, 9.17) is 9.47 Å². The summed E-state index contributed by atoms with van der Waals surface area (Å²) in [4.78, 5) is 13.1. The zero-order valence-electron chi connectivity index (χ0n) is 16.2. The molecule has 0 spiro atoms. The highest BCUT2D eigenvalue weighted by Gasteiger charge is 2.15. The van der Waals surface area contributed by atoms with Crippen LogP contribution in [0.1, 0.15) is 0 Å². The molecule has 2 aromatic carbocycles. The minimum atomic E-state index is -3.58. The molecule has 0 saturated carbocycles. The van der Waals surface area contributed by atoms with E-state index >= 15 is 0 Å². The van der Waals surface area contributed by atoms with E-state index in [0.29, 0.717) is 22.9 Å². The van der Waals surface area contributed by atoms with Gasteiger partial charge in [0.15, 0.2) is 0 Å². The topological polar surface area (TPSA) is 93.7 Å². The van der Waals surface area contributed by atoms with E-state index in [-0.39, 0.29) is 15.9 Å². The quantitative estimate of drug-likeness (QED) is 0.459. The molecule has 1 amide bonds. The Morgan fingerprint density at radius 3 is 2.23 bits per heavy atom. The molecule has 0 aliphatic heterocycles. The normalized spacial score (nSPS) is 11.0. The van der Waals surface area contributed by atoms with Gasteiger partial charge in [0.25, 0.3) is 10.0 Å². The van der Waals surface area contributed by atoms with Crippen LogP contribution in [0.3, 0.4) is 0 Å². The molecular formula is C20H20N2O5S3. The number of thioether (sulfide) groups is 1. The Kier molecular flexibility index (Phi) is 7.24. The van der Waals surface area contributed by atoms with Gasteiger partial charge in [-0.05, 0) is 35.7 Å². The lowest BCUT2D eigenvalue weighted by Crippen LogP contribution is -2.14. The molecule has 2 N–H and O–H groups in total. The van der Waals surface area contributed by atoms with Crippen LogP contribution in [0.4, 0.5) is 11.4 Å². The van der Waals surface area contributed by atoms with E-state index in [9.17, 15) is 13.2 Å². The predicted molar refractivity (Wildman–Crippen MR) is 120 cm³/mol. The maximum absolute atomic E-state index is 12.3. The summed E-state index contributed by atoms with van der Waals surface area (Å²) in [6.07, 6.45) is 0. The first kappa shape index (κ1) is 22.0. The highest BCUT2D eigenvalue weighted by Crippen LogP contribution is 2.27. The van der Waals surface area contributed by atoms with Crippen LogP contribution in [0.5, 0.6) is 11.5 Å². The molecule has 0 fully saturated rings. The van der Waals surface area contributed by atoms with Gasteiger partial charge in [0, 0.05) is 34.5 Å². The van der Waals surface area contributed by atoms with Crippen molar-refractivity contribution in [2.24, 2.45) is 0 Å². The monoisotopic (exact) mass is 464 g/mol. The standard InChI is InChI=1S/C20H20N2O5S3/c1-26-16-10-15(11-17(12-16)27-2)21-19(23)13-29-18-7-5-14(6-8-18)22-30(24,25)20-4-3-9-28-20/h3-12,22H,13H2,1-2H3,(H,21,23). The second-order valence-corrected chi connectivity index (χ2v) is 9.91. The second-order valence-electron chi connectivity index (χ2n) is 6.00. The molecule has 30 heavy (non-hydrogen) atoms. The Morgan fingerprint density at radius 1 is 1.00 bits per heavy atom. The third-order valence-electron chi connectivity index (χ3n) is 3.87. The fourth-order valence-corrected chi connectivity index (χ4v) is 5.22. The SMILES string of the molecule is COc1cc(NC(=O)CSc2ccc(NS(=O)(=O)c3cccs3)cc2)cc(OC)c1. The van der Waals surface area contributed by atoms with E-state index in [1.54, 1.807) is 74.2 Å². The fraction of sp³-hybridized carbons (Fsp3) is 0.150. The summed E-state index contributed by atoms with van der Waals surface area (Å²) in [5.41, 5.74) is 1.04. The number of benzene rings is 2. The van der Waals surface area contributed by atoms with Crippen molar-refractivity contribution in [2.75, 3.05) is 30.0 Å². The van der Waals surface area contributed by atoms with Gasteiger partial charge < -0.3 is 14.8 Å². The molecule has 0 unspecified atom stereocenters. The van der Waals surface area contributed by atoms with Crippen molar-refractivity contribution in [1.29, 1.82) is 0 Å². The van der Waals surface area contributed by atoms with Crippen molar-refractivity contribution in [3.05, 3.63) is 60.0 Å². The summed E-state index contributed by atoms with van der Waals surface area (Å²) in [5, 5.41) is 4.52. The number of amides is 1. The first-order chi connectivity index (χ1) is 14.4. The van der Waals surface area contributed by atoms with Crippen molar-refractivity contribution < 1.29 is 22.7 Å². The maximum Gasteiger partial charge on any atom is 0.271 e. The summed E-state index contributed by atoms with van der Waals surface area (Å²) in [6, 6.07) is 15.2. The van der Waals surface area contributed by atoms with Gasteiger partial charge >= 0.3 is 0 Å². The molecule has 0 radical (unpaired) electrons. The molecule has 7 nitrogen and oxygen atoms in total. The van der Waals surface area contributed by atoms with Crippen LogP contribution in [0.25, 0.3) is 0 Å². The Bertz CT molecular complexity index is 1080. The molecular weight excluding hydrogens is 444 g/mol. The van der Waals surface area contributed by atoms with Crippen LogP contribution in [-0.4, -0.2) is 34.3 Å². The molecule has 3 aromatic rings. The van der Waals surface area contributed by atoms with Crippen LogP contribution in [0.2, 0.25) is 0 Å². The number of anilines is 2. The van der Waals surface area contributed by atoms with Gasteiger partial charge in [0.1, 0.15) is 15.7 Å². The number of hydrogen-bond acceptors (Lipinski definition) is 7. The van der Waals surface area contributed by atoms with Crippen molar-refractivity contribution in [3.8, 4) is 11.5 Å². The Morgan fingerprint density at radius 2 is 1.67 bits per heavy atom. The van der Waals surface area contributed by atoms with Gasteiger partial charge in [-0.25, -0.2) is 8.42 Å². The van der Waals surface area contributed by atoms with Gasteiger partial charge in [-0.2, -0.15) is 0 Å². The largest absolute Gasteiger partial charge is 0.497 e. The molecule has 1 aromatic heterocycles. The van der Waals surface area contributed by atoms with Crippen molar-refractivity contribution in [3.63, 3.8) is 0 Å². The molecule has 0 aliphatic carbocycles. The third kappa shape index (κ3) is 5.91. The van der Waals surface area contributed by atoms with E-state index in [1.807, 2.05) is 0 Å². The van der Waals surface area contributed by atoms with E-state index in [1.165, 1.54) is 11.8 Å². The van der Waals surface area contributed by atoms with Crippen molar-refractivity contribution in [2.45, 2.75) is 9.10 Å². The lowest BCUT2D eigenvalue weighted by Gasteiger charge is -2.10. The van der Waals surface area contributed by atoms with Gasteiger partial charge in [-0.1, -0.05) is 6.07 Å². The Labute approximate surface area is 183 Å². The number of sulfonamides is 1. The first-order valence-corrected chi connectivity index (χ1v) is 12.1. The Hall–Kier alpha value is -2.69. The summed E-state index contributed by atoms with van der Waals surface area (Å²) in [5.74, 6) is 1.17. The fourth-order valence-electron chi connectivity index (χ4n) is 2.47. The van der Waals surface area contributed by atoms with Crippen LogP contribution in [0, 0.1) is 0 Å². The summed E-state index contributed by atoms with van der Waals surface area (Å²) >= 11 is 2.50. The lowest BCUT2D eigenvalue weighted by molar-refractivity contribution is -0.113. The number of carbonyl (C=O) groups excluding carboxylic acids is 1. The van der Waals surface area contributed by atoms with Gasteiger partial charge in [-0.3, -0.25) is 9.52 Å². The number of rotatable bonds is 9. The highest BCUT2D eigenvalue weighted by molar-refractivity contribution is 8.00. The summed E-state index contributed by atoms with van der Waals surface area (Å²) < 4.78 is 37.7. The van der Waals surface area contributed by atoms with E-state index in [0.717, 1.165) is 16.2 Å². The number of nitrogens with one attached hydrogen (secondary N) is 2. The van der Waals surface area contributed by atoms with E-state index < -0.39 is 10.0 Å². The lowest BCUT2D eigenvalue weighted by atomic mass is 10.2. The average Bonchev–Trinajstić information content (AvgIpc) is 3.29. The molecule has 0 aliphatic rings. The van der Waals surface area contributed by atoms with Gasteiger partial charge in [0.05, 0.1) is 20.0 Å². The maximum atomic E-state index is 12.3. The van der Waals surface area contributed by atoms with Gasteiger partial charge in [-0.15, -0.1) is 23.1 Å². The van der Waals surface area contributed by atoms with Crippen molar-refractivity contribution >= 4 is 50.4 Å². The number of hydrogen-bond donors (Lipinski definition) is 2. The summed E-state index contributed by atoms with van der Waals surface area (Å²) in [7, 11) is -0.493. The zero-order valence-corrected chi connectivity index (χ0v) is 18.7. The Balaban J connectivity index is 1.55. The minimum Gasteiger partial charge on any atom is -0.497 e. The average molecular weight is 465 g/mol. The molecule has 0 saturated heterocycles. The minimum absolute atomic E-state index is 0.183. The third-order valence-corrected chi connectivity index (χ3v) is 7.66. The molecule has 158 valence electrons. The van der Waals surface area contributed by atoms with Crippen molar-refractivity contribution in [1.82, 2.24) is 0 Å². The zero-order chi connectivity index (χ0) is 21.6. The molecule has 0 bridgehead atoms. The first-order valence-electron chi connectivity index (χ1n) is 8.72. The predicted octanol–water partition coefficient (Wildman–Crippen LogP) is 4.30. The van der Waals surface area contributed by atoms with Gasteiger partial charge in [0.2, 0.25) is 5.91 Å². The highest BCUT2D eigenvalue weighted by atomic mass is 32.2. The van der Waals surface area contributed by atoms with Crippen LogP contribution >= 0.6 is 23.1 Å². The number of methoxy groups -OCH3 is 2. The van der Waals surface area contributed by atoms with Crippen LogP contribution < -0.4 is 19.5 Å². The number of thiophene rings is 1. The van der Waals surface area contributed by atoms with E-state index in [2.05, 4.69) is 10.0 Å². The van der Waals surface area contributed by atoms with Crippen LogP contribution in [0.15, 0.2) is 69.1 Å². The molecule has 10 heteroatoms. The number of carbonyl (C=O) groups is 1. The molecule has 3 rings (SSSR count). The molecule has 1 heterocycles. The smallest absolute Gasteiger partial charge is 0.271 e. The number of ether oxygens (including phenoxy) is 2. The summed E-state index contributed by atoms with van der Waals surface area (Å²) in [6.45, 7) is 0. The molecule has 0 atom stereocenters. The van der Waals surface area contributed by atoms with Crippen LogP contribution in [-0.2, 0) is 14.8 Å².